The van der Waals surface area contributed by atoms with E-state index in [9.17, 15) is 4.79 Å². The van der Waals surface area contributed by atoms with Gasteiger partial charge in [-0.2, -0.15) is 0 Å². The lowest BCUT2D eigenvalue weighted by molar-refractivity contribution is 0.0781. The maximum Gasteiger partial charge on any atom is 0.254 e. The number of nitrogens with one attached hydrogen (secondary N) is 2. The molecular formula is C12H16N6O. The molecule has 7 heteroatoms. The van der Waals surface area contributed by atoms with E-state index >= 15 is 0 Å². The van der Waals surface area contributed by atoms with Crippen LogP contribution in [0.15, 0.2) is 24.5 Å². The van der Waals surface area contributed by atoms with Crippen molar-refractivity contribution in [3.8, 4) is 0 Å². The Hall–Kier alpha value is -2.41. The van der Waals surface area contributed by atoms with Gasteiger partial charge in [-0.25, -0.2) is 15.8 Å². The van der Waals surface area contributed by atoms with Crippen LogP contribution >= 0.6 is 0 Å². The Labute approximate surface area is 110 Å². The van der Waals surface area contributed by atoms with Crippen molar-refractivity contribution in [2.75, 3.05) is 12.5 Å². The average molecular weight is 260 g/mol. The molecule has 0 unspecified atom stereocenters. The molecule has 0 radical (unpaired) electrons. The number of carbonyl (C=O) groups excluding carboxylic acids is 1. The summed E-state index contributed by atoms with van der Waals surface area (Å²) >= 11 is 0. The molecule has 0 aliphatic rings. The first kappa shape index (κ1) is 13.0. The van der Waals surface area contributed by atoms with E-state index in [0.29, 0.717) is 17.9 Å². The molecule has 0 atom stereocenters. The fourth-order valence-corrected chi connectivity index (χ4v) is 1.77. The summed E-state index contributed by atoms with van der Waals surface area (Å²) in [7, 11) is 1.72. The van der Waals surface area contributed by atoms with Crippen LogP contribution in [0.4, 0.5) is 5.82 Å². The minimum Gasteiger partial charge on any atom is -0.347 e. The van der Waals surface area contributed by atoms with Gasteiger partial charge in [0.2, 0.25) is 0 Å². The minimum atomic E-state index is -0.113. The van der Waals surface area contributed by atoms with E-state index in [1.165, 1.54) is 0 Å². The number of aromatic nitrogens is 3. The molecule has 0 aromatic carbocycles. The smallest absolute Gasteiger partial charge is 0.254 e. The van der Waals surface area contributed by atoms with Gasteiger partial charge in [0.25, 0.3) is 5.91 Å². The van der Waals surface area contributed by atoms with Gasteiger partial charge in [-0.15, -0.1) is 0 Å². The number of nitrogens with zero attached hydrogens (tertiary/aromatic N) is 3. The maximum atomic E-state index is 12.3. The van der Waals surface area contributed by atoms with Crippen molar-refractivity contribution >= 4 is 11.7 Å². The summed E-state index contributed by atoms with van der Waals surface area (Å²) in [4.78, 5) is 25.0. The number of aryl methyl sites for hydroxylation is 1. The molecule has 0 saturated carbocycles. The first-order valence-electron chi connectivity index (χ1n) is 5.79. The molecular weight excluding hydrogens is 244 g/mol. The first-order chi connectivity index (χ1) is 9.10. The number of hydrogen-bond acceptors (Lipinski definition) is 5. The van der Waals surface area contributed by atoms with Gasteiger partial charge in [-0.1, -0.05) is 0 Å². The second kappa shape index (κ2) is 5.49. The Balaban J connectivity index is 2.16. The fourth-order valence-electron chi connectivity index (χ4n) is 1.77. The molecule has 19 heavy (non-hydrogen) atoms. The Morgan fingerprint density at radius 1 is 1.53 bits per heavy atom. The van der Waals surface area contributed by atoms with Gasteiger partial charge in [0.15, 0.2) is 0 Å². The second-order valence-corrected chi connectivity index (χ2v) is 4.22. The van der Waals surface area contributed by atoms with Crippen molar-refractivity contribution in [3.05, 3.63) is 41.6 Å². The standard InChI is InChI=1S/C12H16N6O/c1-8-5-9(6-10(16-8)17-13)12(19)18(2)7-11-14-3-4-15-11/h3-6H,7,13H2,1-2H3,(H,14,15)(H,16,17). The third kappa shape index (κ3) is 3.08. The van der Waals surface area contributed by atoms with Crippen molar-refractivity contribution < 1.29 is 4.79 Å². The zero-order chi connectivity index (χ0) is 13.8. The highest BCUT2D eigenvalue weighted by molar-refractivity contribution is 5.94. The van der Waals surface area contributed by atoms with Crippen LogP contribution in [0.2, 0.25) is 0 Å². The summed E-state index contributed by atoms with van der Waals surface area (Å²) in [5.74, 6) is 6.41. The number of imidazole rings is 1. The van der Waals surface area contributed by atoms with E-state index in [4.69, 9.17) is 5.84 Å². The van der Waals surface area contributed by atoms with Gasteiger partial charge in [0.05, 0.1) is 6.54 Å². The van der Waals surface area contributed by atoms with Crippen LogP contribution in [0.3, 0.4) is 0 Å². The Morgan fingerprint density at radius 3 is 2.95 bits per heavy atom. The Morgan fingerprint density at radius 2 is 2.32 bits per heavy atom. The van der Waals surface area contributed by atoms with Crippen LogP contribution in [-0.2, 0) is 6.54 Å². The molecule has 0 aliphatic carbocycles. The van der Waals surface area contributed by atoms with E-state index in [-0.39, 0.29) is 5.91 Å². The van der Waals surface area contributed by atoms with Crippen LogP contribution in [0.1, 0.15) is 21.9 Å². The number of rotatable bonds is 4. The van der Waals surface area contributed by atoms with Gasteiger partial charge in [0.1, 0.15) is 11.6 Å². The number of pyridine rings is 1. The molecule has 2 heterocycles. The summed E-state index contributed by atoms with van der Waals surface area (Å²) in [6.45, 7) is 2.22. The molecule has 0 bridgehead atoms. The highest BCUT2D eigenvalue weighted by atomic mass is 16.2. The van der Waals surface area contributed by atoms with Crippen LogP contribution in [0.5, 0.6) is 0 Å². The lowest BCUT2D eigenvalue weighted by Gasteiger charge is -2.16. The quantitative estimate of drug-likeness (QED) is 0.554. The summed E-state index contributed by atoms with van der Waals surface area (Å²) < 4.78 is 0. The van der Waals surface area contributed by atoms with Gasteiger partial charge in [-0.05, 0) is 19.1 Å². The van der Waals surface area contributed by atoms with Gasteiger partial charge in [-0.3, -0.25) is 4.79 Å². The van der Waals surface area contributed by atoms with E-state index in [0.717, 1.165) is 11.5 Å². The predicted octanol–water partition coefficient (Wildman–Crippen LogP) is 0.671. The number of amides is 1. The van der Waals surface area contributed by atoms with Crippen LogP contribution in [-0.4, -0.2) is 32.8 Å². The SMILES string of the molecule is Cc1cc(C(=O)N(C)Cc2ncc[nH]2)cc(NN)n1. The normalized spacial score (nSPS) is 10.3. The molecule has 0 aliphatic heterocycles. The fraction of sp³-hybridized carbons (Fsp3) is 0.250. The van der Waals surface area contributed by atoms with Crippen LogP contribution in [0, 0.1) is 6.92 Å². The molecule has 0 spiro atoms. The molecule has 0 saturated heterocycles. The molecule has 1 amide bonds. The first-order valence-corrected chi connectivity index (χ1v) is 5.79. The highest BCUT2D eigenvalue weighted by Gasteiger charge is 2.14. The summed E-state index contributed by atoms with van der Waals surface area (Å²) in [6.07, 6.45) is 3.38. The zero-order valence-corrected chi connectivity index (χ0v) is 10.8. The summed E-state index contributed by atoms with van der Waals surface area (Å²) in [5, 5.41) is 0. The number of aromatic amines is 1. The molecule has 2 aromatic rings. The number of carbonyl (C=O) groups is 1. The summed E-state index contributed by atoms with van der Waals surface area (Å²) in [6, 6.07) is 3.34. The van der Waals surface area contributed by atoms with Crippen molar-refractivity contribution in [1.29, 1.82) is 0 Å². The zero-order valence-electron chi connectivity index (χ0n) is 10.8. The van der Waals surface area contributed by atoms with Crippen LogP contribution in [0.25, 0.3) is 0 Å². The lowest BCUT2D eigenvalue weighted by Crippen LogP contribution is -2.27. The number of anilines is 1. The second-order valence-electron chi connectivity index (χ2n) is 4.22. The van der Waals surface area contributed by atoms with Crippen molar-refractivity contribution in [3.63, 3.8) is 0 Å². The van der Waals surface area contributed by atoms with Crippen molar-refractivity contribution in [2.24, 2.45) is 5.84 Å². The number of hydrogen-bond donors (Lipinski definition) is 3. The molecule has 7 nitrogen and oxygen atoms in total. The van der Waals surface area contributed by atoms with Gasteiger partial charge >= 0.3 is 0 Å². The van der Waals surface area contributed by atoms with Gasteiger partial charge in [0, 0.05) is 30.7 Å². The number of hydrazine groups is 1. The van der Waals surface area contributed by atoms with Crippen molar-refractivity contribution in [1.82, 2.24) is 19.9 Å². The minimum absolute atomic E-state index is 0.113. The molecule has 0 fully saturated rings. The number of nitrogens with two attached hydrogens (primary N) is 1. The summed E-state index contributed by atoms with van der Waals surface area (Å²) in [5.41, 5.74) is 3.71. The predicted molar refractivity (Wildman–Crippen MR) is 71.2 cm³/mol. The number of H-pyrrole nitrogens is 1. The molecule has 4 N–H and O–H groups in total. The Kier molecular flexibility index (Phi) is 3.76. The number of nitrogen functional groups attached to an aromatic ring is 1. The maximum absolute atomic E-state index is 12.3. The van der Waals surface area contributed by atoms with E-state index in [1.54, 1.807) is 36.5 Å². The average Bonchev–Trinajstić information content (AvgIpc) is 2.89. The molecule has 2 rings (SSSR count). The van der Waals surface area contributed by atoms with E-state index in [2.05, 4.69) is 20.4 Å². The largest absolute Gasteiger partial charge is 0.347 e. The lowest BCUT2D eigenvalue weighted by atomic mass is 10.2. The topological polar surface area (TPSA) is 99.9 Å². The molecule has 2 aromatic heterocycles. The highest BCUT2D eigenvalue weighted by Crippen LogP contribution is 2.12. The van der Waals surface area contributed by atoms with E-state index in [1.807, 2.05) is 6.92 Å². The monoisotopic (exact) mass is 260 g/mol. The van der Waals surface area contributed by atoms with Crippen molar-refractivity contribution in [2.45, 2.75) is 13.5 Å². The molecule has 100 valence electrons. The van der Waals surface area contributed by atoms with Gasteiger partial charge < -0.3 is 15.3 Å². The Bertz CT molecular complexity index is 566. The third-order valence-electron chi connectivity index (χ3n) is 2.64. The van der Waals surface area contributed by atoms with Crippen LogP contribution < -0.4 is 11.3 Å². The van der Waals surface area contributed by atoms with E-state index < -0.39 is 0 Å². The third-order valence-corrected chi connectivity index (χ3v) is 2.64.